The van der Waals surface area contributed by atoms with Crippen LogP contribution in [-0.2, 0) is 11.3 Å². The van der Waals surface area contributed by atoms with Crippen molar-refractivity contribution >= 4 is 0 Å². The van der Waals surface area contributed by atoms with Crippen molar-refractivity contribution in [1.29, 1.82) is 0 Å². The molecule has 0 radical (unpaired) electrons. The van der Waals surface area contributed by atoms with Gasteiger partial charge < -0.3 is 15.6 Å². The van der Waals surface area contributed by atoms with Crippen LogP contribution in [0.3, 0.4) is 0 Å². The van der Waals surface area contributed by atoms with Crippen LogP contribution in [0.25, 0.3) is 0 Å². The number of aliphatic hydroxyl groups is 1. The van der Waals surface area contributed by atoms with Crippen LogP contribution in [-0.4, -0.2) is 18.3 Å². The molecule has 3 nitrogen and oxygen atoms in total. The third-order valence-electron chi connectivity index (χ3n) is 3.08. The highest BCUT2D eigenvalue weighted by Crippen LogP contribution is 2.25. The van der Waals surface area contributed by atoms with Gasteiger partial charge in [0.1, 0.15) is 0 Å². The zero-order chi connectivity index (χ0) is 14.8. The van der Waals surface area contributed by atoms with Crippen LogP contribution in [0.1, 0.15) is 23.7 Å². The molecule has 0 amide bonds. The summed E-state index contributed by atoms with van der Waals surface area (Å²) in [5, 5.41) is 10.4. The van der Waals surface area contributed by atoms with E-state index in [1.54, 1.807) is 6.08 Å². The third kappa shape index (κ3) is 5.16. The van der Waals surface area contributed by atoms with E-state index in [1.165, 1.54) is 0 Å². The van der Waals surface area contributed by atoms with Gasteiger partial charge in [-0.15, -0.1) is 12.3 Å². The summed E-state index contributed by atoms with van der Waals surface area (Å²) in [5.74, 6) is 0.0632. The van der Waals surface area contributed by atoms with Gasteiger partial charge >= 0.3 is 0 Å². The summed E-state index contributed by atoms with van der Waals surface area (Å²) in [5.41, 5.74) is 10.3. The Bertz CT molecular complexity index is 464. The van der Waals surface area contributed by atoms with Crippen molar-refractivity contribution in [1.82, 2.24) is 0 Å². The maximum Gasteiger partial charge on any atom is 0.0799 e. The molecule has 2 unspecified atom stereocenters. The molecule has 0 spiro atoms. The lowest BCUT2D eigenvalue weighted by atomic mass is 9.94. The molecule has 0 aliphatic carbocycles. The van der Waals surface area contributed by atoms with Crippen LogP contribution in [0.5, 0.6) is 0 Å². The summed E-state index contributed by atoms with van der Waals surface area (Å²) in [4.78, 5) is 0. The molecule has 0 aliphatic heterocycles. The molecule has 0 saturated heterocycles. The summed E-state index contributed by atoms with van der Waals surface area (Å²) in [6, 6.07) is 7.67. The Labute approximate surface area is 121 Å². The van der Waals surface area contributed by atoms with Crippen LogP contribution < -0.4 is 5.73 Å². The summed E-state index contributed by atoms with van der Waals surface area (Å²) in [7, 11) is 0. The van der Waals surface area contributed by atoms with Crippen LogP contribution >= 0.6 is 0 Å². The molecule has 3 heteroatoms. The lowest BCUT2D eigenvalue weighted by molar-refractivity contribution is 0.0966. The average molecular weight is 273 g/mol. The first-order valence-electron chi connectivity index (χ1n) is 6.73. The van der Waals surface area contributed by atoms with Gasteiger partial charge in [0, 0.05) is 12.5 Å². The third-order valence-corrected chi connectivity index (χ3v) is 3.08. The second-order valence-corrected chi connectivity index (χ2v) is 4.61. The second kappa shape index (κ2) is 9.29. The Kier molecular flexibility index (Phi) is 7.63. The Hall–Kier alpha value is -1.64. The van der Waals surface area contributed by atoms with Crippen molar-refractivity contribution in [3.63, 3.8) is 0 Å². The van der Waals surface area contributed by atoms with Gasteiger partial charge in [-0.05, 0) is 23.6 Å². The van der Waals surface area contributed by atoms with E-state index in [0.29, 0.717) is 26.2 Å². The molecule has 0 aromatic heterocycles. The number of ether oxygens (including phenoxy) is 1. The quantitative estimate of drug-likeness (QED) is 0.413. The minimum absolute atomic E-state index is 0.0632. The SMILES string of the molecule is C=C=CC(COCC=C)CC(O)c1ccccc1CN. The highest BCUT2D eigenvalue weighted by Gasteiger charge is 2.16. The number of nitrogens with two attached hydrogens (primary N) is 1. The first kappa shape index (κ1) is 16.4. The van der Waals surface area contributed by atoms with Gasteiger partial charge in [-0.1, -0.05) is 36.9 Å². The van der Waals surface area contributed by atoms with E-state index in [-0.39, 0.29) is 5.92 Å². The number of hydrogen-bond donors (Lipinski definition) is 2. The van der Waals surface area contributed by atoms with E-state index in [1.807, 2.05) is 30.3 Å². The molecule has 20 heavy (non-hydrogen) atoms. The van der Waals surface area contributed by atoms with E-state index >= 15 is 0 Å². The van der Waals surface area contributed by atoms with E-state index in [2.05, 4.69) is 18.9 Å². The molecule has 0 aliphatic rings. The van der Waals surface area contributed by atoms with E-state index in [4.69, 9.17) is 10.5 Å². The summed E-state index contributed by atoms with van der Waals surface area (Å²) >= 11 is 0. The van der Waals surface area contributed by atoms with Gasteiger partial charge in [0.25, 0.3) is 0 Å². The summed E-state index contributed by atoms with van der Waals surface area (Å²) in [6.07, 6.45) is 3.51. The fraction of sp³-hybridized carbons (Fsp3) is 0.353. The van der Waals surface area contributed by atoms with Crippen LogP contribution in [0.15, 0.2) is 55.3 Å². The lowest BCUT2D eigenvalue weighted by Crippen LogP contribution is -2.14. The van der Waals surface area contributed by atoms with Gasteiger partial charge in [-0.3, -0.25) is 0 Å². The van der Waals surface area contributed by atoms with Crippen molar-refractivity contribution in [2.24, 2.45) is 11.7 Å². The molecular weight excluding hydrogens is 250 g/mol. The highest BCUT2D eigenvalue weighted by atomic mass is 16.5. The van der Waals surface area contributed by atoms with E-state index < -0.39 is 6.10 Å². The maximum absolute atomic E-state index is 10.4. The van der Waals surface area contributed by atoms with Gasteiger partial charge in [0.15, 0.2) is 0 Å². The predicted octanol–water partition coefficient (Wildman–Crippen LogP) is 2.73. The van der Waals surface area contributed by atoms with Crippen LogP contribution in [0.2, 0.25) is 0 Å². The van der Waals surface area contributed by atoms with Crippen molar-refractivity contribution in [3.8, 4) is 0 Å². The number of rotatable bonds is 9. The van der Waals surface area contributed by atoms with Crippen LogP contribution in [0.4, 0.5) is 0 Å². The Morgan fingerprint density at radius 1 is 1.40 bits per heavy atom. The first-order chi connectivity index (χ1) is 9.72. The van der Waals surface area contributed by atoms with E-state index in [0.717, 1.165) is 11.1 Å². The molecule has 0 saturated carbocycles. The van der Waals surface area contributed by atoms with Crippen molar-refractivity contribution in [3.05, 3.63) is 66.4 Å². The Balaban J connectivity index is 2.71. The molecule has 1 aromatic carbocycles. The topological polar surface area (TPSA) is 55.5 Å². The second-order valence-electron chi connectivity index (χ2n) is 4.61. The highest BCUT2D eigenvalue weighted by molar-refractivity contribution is 5.29. The minimum Gasteiger partial charge on any atom is -0.388 e. The summed E-state index contributed by atoms with van der Waals surface area (Å²) < 4.78 is 5.44. The standard InChI is InChI=1S/C17H23NO2/c1-3-7-14(13-20-10-4-2)11-17(19)16-9-6-5-8-15(16)12-18/h4-9,14,17,19H,1-2,10-13,18H2. The molecule has 3 N–H and O–H groups in total. The monoisotopic (exact) mass is 273 g/mol. The van der Waals surface area contributed by atoms with Gasteiger partial charge in [0.2, 0.25) is 0 Å². The smallest absolute Gasteiger partial charge is 0.0799 e. The number of aliphatic hydroxyl groups excluding tert-OH is 1. The molecule has 2 atom stereocenters. The number of benzene rings is 1. The zero-order valence-corrected chi connectivity index (χ0v) is 11.8. The van der Waals surface area contributed by atoms with E-state index in [9.17, 15) is 5.11 Å². The van der Waals surface area contributed by atoms with Crippen molar-refractivity contribution in [2.45, 2.75) is 19.1 Å². The molecule has 0 bridgehead atoms. The predicted molar refractivity (Wildman–Crippen MR) is 82.1 cm³/mol. The van der Waals surface area contributed by atoms with Crippen molar-refractivity contribution in [2.75, 3.05) is 13.2 Å². The minimum atomic E-state index is -0.573. The van der Waals surface area contributed by atoms with Crippen LogP contribution in [0, 0.1) is 5.92 Å². The lowest BCUT2D eigenvalue weighted by Gasteiger charge is -2.19. The Morgan fingerprint density at radius 3 is 2.80 bits per heavy atom. The van der Waals surface area contributed by atoms with Crippen molar-refractivity contribution < 1.29 is 9.84 Å². The zero-order valence-electron chi connectivity index (χ0n) is 11.8. The fourth-order valence-corrected chi connectivity index (χ4v) is 2.11. The molecule has 0 heterocycles. The molecular formula is C17H23NO2. The first-order valence-corrected chi connectivity index (χ1v) is 6.73. The normalized spacial score (nSPS) is 13.3. The number of hydrogen-bond acceptors (Lipinski definition) is 3. The molecule has 1 rings (SSSR count). The largest absolute Gasteiger partial charge is 0.388 e. The van der Waals surface area contributed by atoms with Gasteiger partial charge in [-0.2, -0.15) is 0 Å². The van der Waals surface area contributed by atoms with Gasteiger partial charge in [-0.25, -0.2) is 0 Å². The van der Waals surface area contributed by atoms with Gasteiger partial charge in [0.05, 0.1) is 19.3 Å². The fourth-order valence-electron chi connectivity index (χ4n) is 2.11. The average Bonchev–Trinajstić information content (AvgIpc) is 2.47. The summed E-state index contributed by atoms with van der Waals surface area (Å²) in [6.45, 7) is 8.62. The molecule has 108 valence electrons. The Morgan fingerprint density at radius 2 is 2.15 bits per heavy atom. The maximum atomic E-state index is 10.4. The molecule has 1 aromatic rings. The molecule has 0 fully saturated rings.